The summed E-state index contributed by atoms with van der Waals surface area (Å²) in [5.41, 5.74) is 2.51. The van der Waals surface area contributed by atoms with E-state index in [-0.39, 0.29) is 11.6 Å². The van der Waals surface area contributed by atoms with Crippen molar-refractivity contribution in [2.75, 3.05) is 0 Å². The number of benzene rings is 2. The largest absolute Gasteiger partial charge is 0.356 e. The van der Waals surface area contributed by atoms with Crippen molar-refractivity contribution >= 4 is 22.7 Å². The second kappa shape index (κ2) is 7.40. The van der Waals surface area contributed by atoms with E-state index in [0.29, 0.717) is 21.8 Å². The Kier molecular flexibility index (Phi) is 4.81. The van der Waals surface area contributed by atoms with E-state index >= 15 is 0 Å². The zero-order chi connectivity index (χ0) is 18.8. The van der Waals surface area contributed by atoms with Crippen LogP contribution in [0.25, 0.3) is 22.2 Å². The fourth-order valence-corrected chi connectivity index (χ4v) is 3.95. The van der Waals surface area contributed by atoms with Crippen LogP contribution in [0.2, 0.25) is 0 Å². The van der Waals surface area contributed by atoms with Gasteiger partial charge in [-0.05, 0) is 26.0 Å². The van der Waals surface area contributed by atoms with E-state index in [0.717, 1.165) is 17.0 Å². The zero-order valence-electron chi connectivity index (χ0n) is 15.1. The number of para-hydroxylation sites is 1. The molecule has 0 atom stereocenters. The van der Waals surface area contributed by atoms with Gasteiger partial charge in [0, 0.05) is 23.4 Å². The van der Waals surface area contributed by atoms with Crippen molar-refractivity contribution in [3.63, 3.8) is 0 Å². The molecule has 0 spiro atoms. The summed E-state index contributed by atoms with van der Waals surface area (Å²) in [6.45, 7) is 3.98. The van der Waals surface area contributed by atoms with Crippen LogP contribution in [-0.2, 0) is 5.75 Å². The second-order valence-corrected chi connectivity index (χ2v) is 7.46. The molecule has 0 aliphatic heterocycles. The Morgan fingerprint density at radius 3 is 2.59 bits per heavy atom. The molecular formula is C21H19N3O2S. The van der Waals surface area contributed by atoms with Crippen LogP contribution in [0.15, 0.2) is 75.1 Å². The lowest BCUT2D eigenvalue weighted by molar-refractivity contribution is 0.426. The summed E-state index contributed by atoms with van der Waals surface area (Å²) in [4.78, 5) is 17.6. The van der Waals surface area contributed by atoms with Crippen molar-refractivity contribution in [2.24, 2.45) is 0 Å². The molecule has 2 aromatic carbocycles. The number of aromatic nitrogens is 3. The van der Waals surface area contributed by atoms with E-state index in [1.165, 1.54) is 11.8 Å². The first-order valence-electron chi connectivity index (χ1n) is 8.78. The SMILES string of the molecule is CC(C)n1c(SCc2cc(-c3ccccc3)on2)nc2ccccc2c1=O. The maximum atomic E-state index is 12.9. The predicted molar refractivity (Wildman–Crippen MR) is 108 cm³/mol. The van der Waals surface area contributed by atoms with Gasteiger partial charge in [-0.1, -0.05) is 59.4 Å². The van der Waals surface area contributed by atoms with Gasteiger partial charge in [-0.2, -0.15) is 0 Å². The van der Waals surface area contributed by atoms with E-state index in [1.54, 1.807) is 4.57 Å². The van der Waals surface area contributed by atoms with Crippen molar-refractivity contribution in [3.8, 4) is 11.3 Å². The quantitative estimate of drug-likeness (QED) is 0.365. The van der Waals surface area contributed by atoms with Crippen molar-refractivity contribution in [1.82, 2.24) is 14.7 Å². The molecule has 4 rings (SSSR count). The van der Waals surface area contributed by atoms with E-state index in [9.17, 15) is 4.79 Å². The molecule has 0 bridgehead atoms. The summed E-state index contributed by atoms with van der Waals surface area (Å²) in [6.07, 6.45) is 0. The van der Waals surface area contributed by atoms with Crippen LogP contribution in [0, 0.1) is 0 Å². The summed E-state index contributed by atoms with van der Waals surface area (Å²) in [6, 6.07) is 19.3. The Hall–Kier alpha value is -2.86. The zero-order valence-corrected chi connectivity index (χ0v) is 15.9. The highest BCUT2D eigenvalue weighted by Gasteiger charge is 2.15. The van der Waals surface area contributed by atoms with Gasteiger partial charge in [0.1, 0.15) is 0 Å². The molecule has 136 valence electrons. The highest BCUT2D eigenvalue weighted by Crippen LogP contribution is 2.26. The molecule has 6 heteroatoms. The highest BCUT2D eigenvalue weighted by molar-refractivity contribution is 7.98. The summed E-state index contributed by atoms with van der Waals surface area (Å²) < 4.78 is 7.20. The number of hydrogen-bond acceptors (Lipinski definition) is 5. The average Bonchev–Trinajstić information content (AvgIpc) is 3.16. The molecule has 27 heavy (non-hydrogen) atoms. The Bertz CT molecular complexity index is 1130. The maximum Gasteiger partial charge on any atom is 0.262 e. The second-order valence-electron chi connectivity index (χ2n) is 6.52. The molecule has 0 aliphatic rings. The molecule has 2 aromatic heterocycles. The Morgan fingerprint density at radius 2 is 1.81 bits per heavy atom. The normalized spacial score (nSPS) is 11.4. The third-order valence-corrected chi connectivity index (χ3v) is 5.24. The van der Waals surface area contributed by atoms with Gasteiger partial charge < -0.3 is 4.52 Å². The molecule has 0 unspecified atom stereocenters. The average molecular weight is 377 g/mol. The summed E-state index contributed by atoms with van der Waals surface area (Å²) in [7, 11) is 0. The van der Waals surface area contributed by atoms with Crippen molar-refractivity contribution in [2.45, 2.75) is 30.8 Å². The summed E-state index contributed by atoms with van der Waals surface area (Å²) in [5, 5.41) is 5.49. The van der Waals surface area contributed by atoms with E-state index in [4.69, 9.17) is 9.51 Å². The molecule has 2 heterocycles. The number of hydrogen-bond donors (Lipinski definition) is 0. The van der Waals surface area contributed by atoms with Crippen LogP contribution in [-0.4, -0.2) is 14.7 Å². The standard InChI is InChI=1S/C21H19N3O2S/c1-14(2)24-20(25)17-10-6-7-11-18(17)22-21(24)27-13-16-12-19(26-23-16)15-8-4-3-5-9-15/h3-12,14H,13H2,1-2H3. The lowest BCUT2D eigenvalue weighted by atomic mass is 10.2. The van der Waals surface area contributed by atoms with Gasteiger partial charge in [-0.25, -0.2) is 4.98 Å². The Morgan fingerprint density at radius 1 is 1.07 bits per heavy atom. The maximum absolute atomic E-state index is 12.9. The number of fused-ring (bicyclic) bond motifs is 1. The van der Waals surface area contributed by atoms with Crippen LogP contribution in [0.4, 0.5) is 0 Å². The minimum atomic E-state index is -0.0109. The van der Waals surface area contributed by atoms with Gasteiger partial charge in [0.05, 0.1) is 16.6 Å². The fourth-order valence-electron chi connectivity index (χ4n) is 2.94. The molecule has 0 N–H and O–H groups in total. The van der Waals surface area contributed by atoms with Gasteiger partial charge in [0.2, 0.25) is 0 Å². The van der Waals surface area contributed by atoms with Gasteiger partial charge in [-0.3, -0.25) is 9.36 Å². The minimum absolute atomic E-state index is 0.0109. The van der Waals surface area contributed by atoms with Crippen LogP contribution in [0.3, 0.4) is 0 Å². The summed E-state index contributed by atoms with van der Waals surface area (Å²) >= 11 is 1.50. The van der Waals surface area contributed by atoms with Gasteiger partial charge in [0.15, 0.2) is 10.9 Å². The molecule has 4 aromatic rings. The number of thioether (sulfide) groups is 1. The lowest BCUT2D eigenvalue weighted by Gasteiger charge is -2.15. The molecule has 0 aliphatic carbocycles. The van der Waals surface area contributed by atoms with Crippen molar-refractivity contribution < 1.29 is 4.52 Å². The summed E-state index contributed by atoms with van der Waals surface area (Å²) in [5.74, 6) is 1.31. The minimum Gasteiger partial charge on any atom is -0.356 e. The van der Waals surface area contributed by atoms with E-state index in [1.807, 2.05) is 74.5 Å². The predicted octanol–water partition coefficient (Wildman–Crippen LogP) is 4.92. The molecule has 0 saturated carbocycles. The van der Waals surface area contributed by atoms with Gasteiger partial charge in [0.25, 0.3) is 5.56 Å². The first-order valence-corrected chi connectivity index (χ1v) is 9.77. The molecule has 0 fully saturated rings. The number of nitrogens with zero attached hydrogens (tertiary/aromatic N) is 3. The van der Waals surface area contributed by atoms with Crippen LogP contribution in [0.1, 0.15) is 25.6 Å². The number of rotatable bonds is 5. The fraction of sp³-hybridized carbons (Fsp3) is 0.190. The first-order chi connectivity index (χ1) is 13.1. The van der Waals surface area contributed by atoms with Crippen molar-refractivity contribution in [3.05, 3.63) is 76.7 Å². The van der Waals surface area contributed by atoms with Crippen LogP contribution >= 0.6 is 11.8 Å². The van der Waals surface area contributed by atoms with Crippen LogP contribution < -0.4 is 5.56 Å². The molecule has 0 radical (unpaired) electrons. The van der Waals surface area contributed by atoms with Gasteiger partial charge in [-0.15, -0.1) is 0 Å². The van der Waals surface area contributed by atoms with E-state index < -0.39 is 0 Å². The molecular weight excluding hydrogens is 358 g/mol. The Balaban J connectivity index is 1.63. The highest BCUT2D eigenvalue weighted by atomic mass is 32.2. The Labute approximate surface area is 161 Å². The van der Waals surface area contributed by atoms with E-state index in [2.05, 4.69) is 5.16 Å². The topological polar surface area (TPSA) is 60.9 Å². The third kappa shape index (κ3) is 3.53. The molecule has 0 saturated heterocycles. The third-order valence-electron chi connectivity index (χ3n) is 4.26. The van der Waals surface area contributed by atoms with Crippen LogP contribution in [0.5, 0.6) is 0 Å². The lowest BCUT2D eigenvalue weighted by Crippen LogP contribution is -2.25. The molecule has 0 amide bonds. The smallest absolute Gasteiger partial charge is 0.262 e. The van der Waals surface area contributed by atoms with Crippen molar-refractivity contribution in [1.29, 1.82) is 0 Å². The first kappa shape index (κ1) is 17.5. The molecule has 5 nitrogen and oxygen atoms in total. The monoisotopic (exact) mass is 377 g/mol. The van der Waals surface area contributed by atoms with Gasteiger partial charge >= 0.3 is 0 Å².